The molecule has 2 saturated carbocycles. The third-order valence-electron chi connectivity index (χ3n) is 7.45. The summed E-state index contributed by atoms with van der Waals surface area (Å²) in [5.74, 6) is -1.06. The van der Waals surface area contributed by atoms with Gasteiger partial charge in [0, 0.05) is 31.5 Å². The summed E-state index contributed by atoms with van der Waals surface area (Å²) >= 11 is 0. The van der Waals surface area contributed by atoms with Crippen molar-refractivity contribution < 1.29 is 24.2 Å². The molecule has 2 amide bonds. The van der Waals surface area contributed by atoms with E-state index in [9.17, 15) is 14.4 Å². The zero-order valence-corrected chi connectivity index (χ0v) is 18.6. The van der Waals surface area contributed by atoms with Gasteiger partial charge in [-0.05, 0) is 47.4 Å². The first-order chi connectivity index (χ1) is 15.9. The van der Waals surface area contributed by atoms with Gasteiger partial charge in [-0.25, -0.2) is 4.79 Å². The van der Waals surface area contributed by atoms with Crippen molar-refractivity contribution in [1.29, 1.82) is 0 Å². The highest BCUT2D eigenvalue weighted by molar-refractivity contribution is 5.82. The summed E-state index contributed by atoms with van der Waals surface area (Å²) in [4.78, 5) is 37.6. The van der Waals surface area contributed by atoms with Gasteiger partial charge in [-0.15, -0.1) is 0 Å². The van der Waals surface area contributed by atoms with Crippen LogP contribution in [0, 0.1) is 17.8 Å². The lowest BCUT2D eigenvalue weighted by atomic mass is 9.79. The van der Waals surface area contributed by atoms with Gasteiger partial charge < -0.3 is 20.1 Å². The van der Waals surface area contributed by atoms with Gasteiger partial charge in [-0.3, -0.25) is 9.59 Å². The van der Waals surface area contributed by atoms with Crippen LogP contribution >= 0.6 is 0 Å². The number of ether oxygens (including phenoxy) is 1. The minimum absolute atomic E-state index is 0.00920. The summed E-state index contributed by atoms with van der Waals surface area (Å²) in [7, 11) is 1.75. The number of fused-ring (bicyclic) bond motifs is 3. The number of rotatable bonds is 7. The molecule has 0 aromatic heterocycles. The quantitative estimate of drug-likeness (QED) is 0.676. The lowest BCUT2D eigenvalue weighted by Crippen LogP contribution is -2.48. The van der Waals surface area contributed by atoms with Crippen LogP contribution in [0.5, 0.6) is 0 Å². The second-order valence-corrected chi connectivity index (χ2v) is 9.42. The maximum Gasteiger partial charge on any atom is 0.407 e. The van der Waals surface area contributed by atoms with E-state index in [1.165, 1.54) is 22.3 Å². The van der Waals surface area contributed by atoms with E-state index in [1.54, 1.807) is 11.9 Å². The Labute approximate surface area is 192 Å². The lowest BCUT2D eigenvalue weighted by molar-refractivity contribution is -0.150. The van der Waals surface area contributed by atoms with Crippen LogP contribution < -0.4 is 5.32 Å². The van der Waals surface area contributed by atoms with Crippen molar-refractivity contribution >= 4 is 18.0 Å². The molecule has 0 saturated heterocycles. The summed E-state index contributed by atoms with van der Waals surface area (Å²) in [5.41, 5.74) is 4.71. The van der Waals surface area contributed by atoms with Crippen LogP contribution in [0.15, 0.2) is 48.5 Å². The Bertz CT molecular complexity index is 1050. The van der Waals surface area contributed by atoms with Crippen LogP contribution in [0.2, 0.25) is 0 Å². The molecular weight excluding hydrogens is 420 g/mol. The number of carboxylic acid groups (broad SMARTS) is 1. The maximum absolute atomic E-state index is 12.6. The van der Waals surface area contributed by atoms with Gasteiger partial charge in [0.05, 0.1) is 5.92 Å². The number of alkyl carbamates (subject to hydrolysis) is 1. The highest BCUT2D eigenvalue weighted by Gasteiger charge is 2.47. The Kier molecular flexibility index (Phi) is 5.56. The standard InChI is InChI=1S/C26H28N2O5/c1-28(17-10-15(11-17)25(30)31)24(29)22-12-16(22)13-27-26(32)33-14-23-20-8-4-2-6-18(20)19-7-3-5-9-21(19)23/h2-9,15-17,22-23H,10-14H2,1H3,(H,27,32)(H,30,31)/t15?,16-,17?,22-/m0/s1. The first-order valence-corrected chi connectivity index (χ1v) is 11.5. The fraction of sp³-hybridized carbons (Fsp3) is 0.423. The molecule has 2 aromatic carbocycles. The SMILES string of the molecule is CN(C(=O)[C@H]1C[C@H]1CNC(=O)OCC1c2ccccc2-c2ccccc21)C1CC(C(=O)O)C1. The van der Waals surface area contributed by atoms with E-state index in [0.29, 0.717) is 19.4 Å². The number of hydrogen-bond donors (Lipinski definition) is 2. The van der Waals surface area contributed by atoms with Crippen LogP contribution in [0.1, 0.15) is 36.3 Å². The normalized spacial score (nSPS) is 24.8. The van der Waals surface area contributed by atoms with Crippen molar-refractivity contribution in [2.24, 2.45) is 17.8 Å². The van der Waals surface area contributed by atoms with E-state index in [4.69, 9.17) is 9.84 Å². The van der Waals surface area contributed by atoms with Gasteiger partial charge in [-0.2, -0.15) is 0 Å². The van der Waals surface area contributed by atoms with Crippen LogP contribution in [-0.2, 0) is 14.3 Å². The van der Waals surface area contributed by atoms with Crippen molar-refractivity contribution in [1.82, 2.24) is 10.2 Å². The van der Waals surface area contributed by atoms with Crippen molar-refractivity contribution in [3.05, 3.63) is 59.7 Å². The smallest absolute Gasteiger partial charge is 0.407 e. The van der Waals surface area contributed by atoms with Crippen LogP contribution in [0.3, 0.4) is 0 Å². The summed E-state index contributed by atoms with van der Waals surface area (Å²) in [6.45, 7) is 0.672. The molecule has 0 aliphatic heterocycles. The number of carbonyl (C=O) groups excluding carboxylic acids is 2. The predicted molar refractivity (Wildman–Crippen MR) is 122 cm³/mol. The summed E-state index contributed by atoms with van der Waals surface area (Å²) in [6.07, 6.45) is 1.31. The monoisotopic (exact) mass is 448 g/mol. The third-order valence-corrected chi connectivity index (χ3v) is 7.45. The molecule has 3 aliphatic carbocycles. The average Bonchev–Trinajstić information content (AvgIpc) is 3.49. The van der Waals surface area contributed by atoms with E-state index in [2.05, 4.69) is 29.6 Å². The van der Waals surface area contributed by atoms with Crippen molar-refractivity contribution in [3.8, 4) is 11.1 Å². The second-order valence-electron chi connectivity index (χ2n) is 9.42. The minimum Gasteiger partial charge on any atom is -0.481 e. The molecule has 0 spiro atoms. The number of carboxylic acids is 1. The van der Waals surface area contributed by atoms with E-state index in [1.807, 2.05) is 24.3 Å². The van der Waals surface area contributed by atoms with Crippen LogP contribution in [-0.4, -0.2) is 54.2 Å². The van der Waals surface area contributed by atoms with Gasteiger partial charge in [0.1, 0.15) is 6.61 Å². The number of hydrogen-bond acceptors (Lipinski definition) is 4. The van der Waals surface area contributed by atoms with E-state index in [0.717, 1.165) is 6.42 Å². The van der Waals surface area contributed by atoms with Gasteiger partial charge >= 0.3 is 12.1 Å². The molecule has 0 unspecified atom stereocenters. The van der Waals surface area contributed by atoms with Gasteiger partial charge in [0.25, 0.3) is 0 Å². The van der Waals surface area contributed by atoms with Crippen molar-refractivity contribution in [2.75, 3.05) is 20.2 Å². The van der Waals surface area contributed by atoms with Gasteiger partial charge in [-0.1, -0.05) is 48.5 Å². The number of aliphatic carboxylic acids is 1. The average molecular weight is 449 g/mol. The number of nitrogens with one attached hydrogen (secondary N) is 1. The zero-order chi connectivity index (χ0) is 23.1. The fourth-order valence-electron chi connectivity index (χ4n) is 5.19. The molecule has 7 nitrogen and oxygen atoms in total. The highest BCUT2D eigenvalue weighted by Crippen LogP contribution is 2.45. The maximum atomic E-state index is 12.6. The first kappa shape index (κ1) is 21.5. The van der Waals surface area contributed by atoms with E-state index < -0.39 is 12.1 Å². The van der Waals surface area contributed by atoms with Crippen LogP contribution in [0.25, 0.3) is 11.1 Å². The number of benzene rings is 2. The van der Waals surface area contributed by atoms with Crippen molar-refractivity contribution in [3.63, 3.8) is 0 Å². The number of carbonyl (C=O) groups is 3. The summed E-state index contributed by atoms with van der Waals surface area (Å²) < 4.78 is 5.56. The molecule has 0 bridgehead atoms. The third kappa shape index (κ3) is 4.08. The Morgan fingerprint density at radius 2 is 1.61 bits per heavy atom. The van der Waals surface area contributed by atoms with E-state index in [-0.39, 0.29) is 42.2 Å². The zero-order valence-electron chi connectivity index (χ0n) is 18.6. The highest BCUT2D eigenvalue weighted by atomic mass is 16.5. The molecular formula is C26H28N2O5. The molecule has 2 aromatic rings. The Balaban J connectivity index is 1.08. The largest absolute Gasteiger partial charge is 0.481 e. The number of amides is 2. The molecule has 0 heterocycles. The van der Waals surface area contributed by atoms with Gasteiger partial charge in [0.2, 0.25) is 5.91 Å². The molecule has 7 heteroatoms. The molecule has 5 rings (SSSR count). The Hall–Kier alpha value is -3.35. The molecule has 2 atom stereocenters. The minimum atomic E-state index is -0.788. The second kappa shape index (κ2) is 8.54. The topological polar surface area (TPSA) is 95.9 Å². The predicted octanol–water partition coefficient (Wildman–Crippen LogP) is 3.48. The van der Waals surface area contributed by atoms with Crippen LogP contribution in [0.4, 0.5) is 4.79 Å². The molecule has 2 N–H and O–H groups in total. The summed E-state index contributed by atoms with van der Waals surface area (Å²) in [5, 5.41) is 11.8. The number of nitrogens with zero attached hydrogens (tertiary/aromatic N) is 1. The van der Waals surface area contributed by atoms with Gasteiger partial charge in [0.15, 0.2) is 0 Å². The summed E-state index contributed by atoms with van der Waals surface area (Å²) in [6, 6.07) is 16.4. The fourth-order valence-corrected chi connectivity index (χ4v) is 5.19. The molecule has 172 valence electrons. The first-order valence-electron chi connectivity index (χ1n) is 11.5. The lowest BCUT2D eigenvalue weighted by Gasteiger charge is -2.39. The Morgan fingerprint density at radius 1 is 1.00 bits per heavy atom. The molecule has 0 radical (unpaired) electrons. The molecule has 2 fully saturated rings. The van der Waals surface area contributed by atoms with E-state index >= 15 is 0 Å². The van der Waals surface area contributed by atoms with Crippen molar-refractivity contribution in [2.45, 2.75) is 31.2 Å². The molecule has 33 heavy (non-hydrogen) atoms. The Morgan fingerprint density at radius 3 is 2.21 bits per heavy atom. The molecule has 3 aliphatic rings.